The molecule has 0 aromatic rings. The molecular weight excluding hydrogens is 297 g/mol. The Kier molecular flexibility index (Phi) is 8.18. The molecule has 0 aliphatic heterocycles. The van der Waals surface area contributed by atoms with E-state index in [-0.39, 0.29) is 44.7 Å². The van der Waals surface area contributed by atoms with Crippen LogP contribution in [0.2, 0.25) is 0 Å². The smallest absolute Gasteiger partial charge is 0.0989 e. The quantitative estimate of drug-likeness (QED) is 0.794. The molecule has 1 N–H and O–H groups in total. The summed E-state index contributed by atoms with van der Waals surface area (Å²) in [5.41, 5.74) is 0.111. The summed E-state index contributed by atoms with van der Waals surface area (Å²) in [4.78, 5) is 4.29. The van der Waals surface area contributed by atoms with Crippen molar-refractivity contribution in [2.24, 2.45) is 4.99 Å². The molecule has 0 saturated carbocycles. The van der Waals surface area contributed by atoms with Gasteiger partial charge in [-0.3, -0.25) is 4.99 Å². The van der Waals surface area contributed by atoms with Crippen LogP contribution < -0.4 is 0 Å². The fourth-order valence-corrected chi connectivity index (χ4v) is 0.782. The first-order chi connectivity index (χ1) is 4.90. The van der Waals surface area contributed by atoms with E-state index in [9.17, 15) is 5.11 Å². The summed E-state index contributed by atoms with van der Waals surface area (Å²) in [6.07, 6.45) is 0.717. The van der Waals surface area contributed by atoms with E-state index in [0.29, 0.717) is 0 Å². The SMILES string of the molecule is CCC(C)(O)C(C)=NC(C)C.[Tb]. The van der Waals surface area contributed by atoms with E-state index in [0.717, 1.165) is 12.1 Å². The molecule has 1 atom stereocenters. The number of rotatable bonds is 3. The summed E-state index contributed by atoms with van der Waals surface area (Å²) >= 11 is 0. The third kappa shape index (κ3) is 5.54. The minimum absolute atomic E-state index is 0. The maximum atomic E-state index is 9.71. The Labute approximate surface area is 106 Å². The van der Waals surface area contributed by atoms with Gasteiger partial charge in [-0.05, 0) is 34.1 Å². The van der Waals surface area contributed by atoms with Crippen molar-refractivity contribution in [3.63, 3.8) is 0 Å². The fourth-order valence-electron chi connectivity index (χ4n) is 0.782. The van der Waals surface area contributed by atoms with Crippen LogP contribution in [0.5, 0.6) is 0 Å². The third-order valence-corrected chi connectivity index (χ3v) is 1.92. The van der Waals surface area contributed by atoms with Crippen LogP contribution in [0.15, 0.2) is 4.99 Å². The number of nitrogens with zero attached hydrogens (tertiary/aromatic N) is 1. The van der Waals surface area contributed by atoms with E-state index >= 15 is 0 Å². The van der Waals surface area contributed by atoms with E-state index < -0.39 is 5.60 Å². The van der Waals surface area contributed by atoms with Crippen LogP contribution in [0.25, 0.3) is 0 Å². The first-order valence-corrected chi connectivity index (χ1v) is 4.17. The Bertz CT molecular complexity index is 153. The molecule has 2 nitrogen and oxygen atoms in total. The molecule has 0 aromatic carbocycles. The van der Waals surface area contributed by atoms with Gasteiger partial charge in [0.05, 0.1) is 5.60 Å². The molecule has 12 heavy (non-hydrogen) atoms. The van der Waals surface area contributed by atoms with Crippen molar-refractivity contribution in [1.82, 2.24) is 0 Å². The average molecular weight is 316 g/mol. The zero-order chi connectivity index (χ0) is 9.07. The van der Waals surface area contributed by atoms with Gasteiger partial charge < -0.3 is 5.11 Å². The number of hydrogen-bond donors (Lipinski definition) is 1. The van der Waals surface area contributed by atoms with Crippen LogP contribution in [0, 0.1) is 38.6 Å². The van der Waals surface area contributed by atoms with Gasteiger partial charge in [0.25, 0.3) is 0 Å². The summed E-state index contributed by atoms with van der Waals surface area (Å²) in [5.74, 6) is 0. The van der Waals surface area contributed by atoms with Crippen molar-refractivity contribution >= 4 is 5.71 Å². The van der Waals surface area contributed by atoms with Crippen molar-refractivity contribution in [2.45, 2.75) is 52.7 Å². The van der Waals surface area contributed by atoms with E-state index in [1.807, 2.05) is 27.7 Å². The molecule has 0 saturated heterocycles. The Morgan fingerprint density at radius 1 is 1.50 bits per heavy atom. The van der Waals surface area contributed by atoms with Gasteiger partial charge in [0, 0.05) is 50.4 Å². The maximum absolute atomic E-state index is 9.71. The molecule has 1 unspecified atom stereocenters. The second-order valence-electron chi connectivity index (χ2n) is 3.44. The molecule has 0 amide bonds. The minimum atomic E-state index is -0.718. The second kappa shape index (κ2) is 6.38. The summed E-state index contributed by atoms with van der Waals surface area (Å²) in [5, 5.41) is 9.71. The molecule has 0 rings (SSSR count). The van der Waals surface area contributed by atoms with Crippen molar-refractivity contribution in [3.8, 4) is 0 Å². The largest absolute Gasteiger partial charge is 0.384 e. The van der Waals surface area contributed by atoms with Gasteiger partial charge in [-0.25, -0.2) is 0 Å². The predicted molar refractivity (Wildman–Crippen MR) is 49.2 cm³/mol. The molecule has 3 heteroatoms. The van der Waals surface area contributed by atoms with E-state index in [1.54, 1.807) is 6.92 Å². The van der Waals surface area contributed by atoms with E-state index in [1.165, 1.54) is 0 Å². The van der Waals surface area contributed by atoms with Crippen molar-refractivity contribution in [2.75, 3.05) is 0 Å². The van der Waals surface area contributed by atoms with Crippen LogP contribution >= 0.6 is 0 Å². The molecule has 0 aromatic heterocycles. The third-order valence-electron chi connectivity index (χ3n) is 1.92. The molecular formula is C9H19NOTb. The van der Waals surface area contributed by atoms with Crippen molar-refractivity contribution < 1.29 is 43.7 Å². The van der Waals surface area contributed by atoms with Gasteiger partial charge in [-0.15, -0.1) is 0 Å². The first kappa shape index (κ1) is 15.4. The van der Waals surface area contributed by atoms with E-state index in [2.05, 4.69) is 4.99 Å². The zero-order valence-corrected chi connectivity index (χ0v) is 10.7. The van der Waals surface area contributed by atoms with Crippen LogP contribution in [0.4, 0.5) is 0 Å². The Hall–Kier alpha value is 0.916. The number of hydrogen-bond acceptors (Lipinski definition) is 2. The molecule has 0 heterocycles. The number of aliphatic hydroxyl groups is 1. The van der Waals surface area contributed by atoms with E-state index in [4.69, 9.17) is 0 Å². The monoisotopic (exact) mass is 316 g/mol. The van der Waals surface area contributed by atoms with Gasteiger partial charge in [-0.2, -0.15) is 0 Å². The molecule has 0 fully saturated rings. The predicted octanol–water partition coefficient (Wildman–Crippen LogP) is 2.02. The van der Waals surface area contributed by atoms with Gasteiger partial charge >= 0.3 is 0 Å². The van der Waals surface area contributed by atoms with Gasteiger partial charge in [0.15, 0.2) is 0 Å². The van der Waals surface area contributed by atoms with Crippen LogP contribution in [-0.4, -0.2) is 22.5 Å². The minimum Gasteiger partial charge on any atom is -0.384 e. The average Bonchev–Trinajstić information content (AvgIpc) is 1.86. The van der Waals surface area contributed by atoms with Gasteiger partial charge in [0.1, 0.15) is 0 Å². The van der Waals surface area contributed by atoms with Crippen LogP contribution in [0.3, 0.4) is 0 Å². The van der Waals surface area contributed by atoms with Crippen LogP contribution in [-0.2, 0) is 0 Å². The Morgan fingerprint density at radius 3 is 2.17 bits per heavy atom. The van der Waals surface area contributed by atoms with Crippen molar-refractivity contribution in [3.05, 3.63) is 0 Å². The first-order valence-electron chi connectivity index (χ1n) is 4.17. The molecule has 0 aliphatic rings. The second-order valence-corrected chi connectivity index (χ2v) is 3.44. The normalized spacial score (nSPS) is 17.1. The molecule has 75 valence electrons. The Balaban J connectivity index is 0. The molecule has 0 spiro atoms. The topological polar surface area (TPSA) is 32.6 Å². The standard InChI is InChI=1S/C9H19NO.Tb/c1-6-9(5,11)8(4)10-7(2)3;/h7,11H,6H2,1-5H3;. The zero-order valence-electron chi connectivity index (χ0n) is 8.51. The van der Waals surface area contributed by atoms with Crippen LogP contribution in [0.1, 0.15) is 41.0 Å². The van der Waals surface area contributed by atoms with Gasteiger partial charge in [0.2, 0.25) is 0 Å². The summed E-state index contributed by atoms with van der Waals surface area (Å²) in [6.45, 7) is 9.65. The Morgan fingerprint density at radius 2 is 1.92 bits per heavy atom. The maximum Gasteiger partial charge on any atom is 0.0989 e. The summed E-state index contributed by atoms with van der Waals surface area (Å²) < 4.78 is 0. The summed E-state index contributed by atoms with van der Waals surface area (Å²) in [6, 6.07) is 0.271. The molecule has 1 radical (unpaired) electrons. The molecule has 0 aliphatic carbocycles. The molecule has 0 bridgehead atoms. The van der Waals surface area contributed by atoms with Crippen molar-refractivity contribution in [1.29, 1.82) is 0 Å². The fraction of sp³-hybridized carbons (Fsp3) is 0.889. The number of aliphatic imine (C=N–C) groups is 1. The summed E-state index contributed by atoms with van der Waals surface area (Å²) in [7, 11) is 0. The van der Waals surface area contributed by atoms with Gasteiger partial charge in [-0.1, -0.05) is 6.92 Å².